The van der Waals surface area contributed by atoms with Gasteiger partial charge in [0.15, 0.2) is 11.5 Å². The lowest BCUT2D eigenvalue weighted by Gasteiger charge is -2.11. The van der Waals surface area contributed by atoms with Gasteiger partial charge in [0.25, 0.3) is 0 Å². The lowest BCUT2D eigenvalue weighted by Crippen LogP contribution is -2.04. The van der Waals surface area contributed by atoms with Crippen LogP contribution in [0.3, 0.4) is 0 Å². The van der Waals surface area contributed by atoms with Gasteiger partial charge in [0, 0.05) is 11.6 Å². The molecule has 0 unspecified atom stereocenters. The van der Waals surface area contributed by atoms with Gasteiger partial charge in [0.05, 0.1) is 18.6 Å². The molecular formula is C13H17NO5. The highest BCUT2D eigenvalue weighted by Gasteiger charge is 2.23. The molecule has 0 fully saturated rings. The Labute approximate surface area is 111 Å². The van der Waals surface area contributed by atoms with Crippen LogP contribution in [-0.4, -0.2) is 24.4 Å². The maximum absolute atomic E-state index is 11.3. The van der Waals surface area contributed by atoms with E-state index in [0.29, 0.717) is 6.61 Å². The van der Waals surface area contributed by atoms with Crippen LogP contribution in [0.1, 0.15) is 37.0 Å². The first-order valence-electron chi connectivity index (χ1n) is 6.01. The summed E-state index contributed by atoms with van der Waals surface area (Å²) in [6.45, 7) is 3.71. The minimum Gasteiger partial charge on any atom is -0.493 e. The van der Waals surface area contributed by atoms with Crippen LogP contribution < -0.4 is 9.47 Å². The van der Waals surface area contributed by atoms with Crippen molar-refractivity contribution in [1.82, 2.24) is 0 Å². The molecule has 0 radical (unpaired) electrons. The maximum Gasteiger partial charge on any atom is 0.315 e. The molecule has 1 rings (SSSR count). The number of hydrogen-bond donors (Lipinski definition) is 0. The van der Waals surface area contributed by atoms with Gasteiger partial charge in [-0.3, -0.25) is 14.9 Å². The van der Waals surface area contributed by atoms with E-state index in [1.807, 2.05) is 6.92 Å². The molecule has 0 aromatic heterocycles. The molecular weight excluding hydrogens is 250 g/mol. The predicted molar refractivity (Wildman–Crippen MR) is 70.1 cm³/mol. The molecule has 6 heteroatoms. The summed E-state index contributed by atoms with van der Waals surface area (Å²) >= 11 is 0. The quantitative estimate of drug-likeness (QED) is 0.328. The molecule has 19 heavy (non-hydrogen) atoms. The number of nitro groups is 1. The van der Waals surface area contributed by atoms with Crippen LogP contribution in [0, 0.1) is 10.1 Å². The van der Waals surface area contributed by atoms with E-state index >= 15 is 0 Å². The minimum atomic E-state index is -0.573. The van der Waals surface area contributed by atoms with Crippen molar-refractivity contribution in [3.63, 3.8) is 0 Å². The number of nitrogens with zero attached hydrogens (tertiary/aromatic N) is 1. The number of rotatable bonds is 7. The summed E-state index contributed by atoms with van der Waals surface area (Å²) in [6.07, 6.45) is 1.70. The zero-order chi connectivity index (χ0) is 14.4. The van der Waals surface area contributed by atoms with Crippen LogP contribution in [0.25, 0.3) is 0 Å². The molecule has 6 nitrogen and oxygen atoms in total. The van der Waals surface area contributed by atoms with Crippen molar-refractivity contribution < 1.29 is 19.2 Å². The predicted octanol–water partition coefficient (Wildman–Crippen LogP) is 2.98. The van der Waals surface area contributed by atoms with Crippen molar-refractivity contribution in [2.45, 2.75) is 26.7 Å². The highest BCUT2D eigenvalue weighted by Crippen LogP contribution is 2.38. The van der Waals surface area contributed by atoms with E-state index in [9.17, 15) is 14.9 Å². The fraction of sp³-hybridized carbons (Fsp3) is 0.462. The number of carbonyl (C=O) groups is 1. The maximum atomic E-state index is 11.3. The number of carbonyl (C=O) groups excluding carboxylic acids is 1. The Morgan fingerprint density at radius 3 is 2.58 bits per heavy atom. The molecule has 0 N–H and O–H groups in total. The monoisotopic (exact) mass is 267 g/mol. The van der Waals surface area contributed by atoms with E-state index in [0.717, 1.165) is 12.8 Å². The average molecular weight is 267 g/mol. The Kier molecular flexibility index (Phi) is 5.29. The number of unbranched alkanes of at least 4 members (excludes halogenated alkanes) is 1. The smallest absolute Gasteiger partial charge is 0.315 e. The largest absolute Gasteiger partial charge is 0.493 e. The third kappa shape index (κ3) is 3.67. The van der Waals surface area contributed by atoms with Crippen molar-refractivity contribution in [3.05, 3.63) is 27.8 Å². The molecule has 0 aliphatic carbocycles. The molecule has 1 aromatic carbocycles. The summed E-state index contributed by atoms with van der Waals surface area (Å²) in [4.78, 5) is 21.8. The Hall–Kier alpha value is -2.11. The second-order valence-electron chi connectivity index (χ2n) is 4.04. The molecule has 0 atom stereocenters. The number of nitro benzene ring substituents is 1. The molecule has 0 aliphatic heterocycles. The van der Waals surface area contributed by atoms with Crippen LogP contribution in [0.5, 0.6) is 11.5 Å². The summed E-state index contributed by atoms with van der Waals surface area (Å²) in [5.41, 5.74) is -0.0213. The van der Waals surface area contributed by atoms with Crippen molar-refractivity contribution in [2.24, 2.45) is 0 Å². The molecule has 0 heterocycles. The molecule has 0 bridgehead atoms. The first-order valence-corrected chi connectivity index (χ1v) is 6.01. The van der Waals surface area contributed by atoms with Crippen LogP contribution in [0.15, 0.2) is 12.1 Å². The second-order valence-corrected chi connectivity index (χ2v) is 4.04. The van der Waals surface area contributed by atoms with Gasteiger partial charge in [-0.05, 0) is 19.4 Å². The minimum absolute atomic E-state index is 0.0750. The molecule has 0 amide bonds. The third-order valence-corrected chi connectivity index (χ3v) is 2.60. The Morgan fingerprint density at radius 1 is 1.42 bits per heavy atom. The Bertz CT molecular complexity index is 484. The molecule has 1 aromatic rings. The third-order valence-electron chi connectivity index (χ3n) is 2.60. The van der Waals surface area contributed by atoms with E-state index in [2.05, 4.69) is 0 Å². The lowest BCUT2D eigenvalue weighted by atomic mass is 10.1. The highest BCUT2D eigenvalue weighted by molar-refractivity contribution is 5.95. The SMILES string of the molecule is CCCCOc1c(OC)cc(C(C)=O)cc1[N+](=O)[O-]. The van der Waals surface area contributed by atoms with E-state index in [1.165, 1.54) is 26.2 Å². The summed E-state index contributed by atoms with van der Waals surface area (Å²) < 4.78 is 10.5. The van der Waals surface area contributed by atoms with E-state index in [1.54, 1.807) is 0 Å². The van der Waals surface area contributed by atoms with Crippen molar-refractivity contribution in [3.8, 4) is 11.5 Å². The first kappa shape index (κ1) is 14.9. The fourth-order valence-corrected chi connectivity index (χ4v) is 1.54. The Balaban J connectivity index is 3.24. The summed E-state index contributed by atoms with van der Waals surface area (Å²) in [6, 6.07) is 2.67. The van der Waals surface area contributed by atoms with Gasteiger partial charge in [-0.1, -0.05) is 13.3 Å². The number of methoxy groups -OCH3 is 1. The standard InChI is InChI=1S/C13H17NO5/c1-4-5-6-19-13-11(14(16)17)7-10(9(2)15)8-12(13)18-3/h7-8H,4-6H2,1-3H3. The number of benzene rings is 1. The van der Waals surface area contributed by atoms with Crippen LogP contribution in [-0.2, 0) is 0 Å². The van der Waals surface area contributed by atoms with Crippen molar-refractivity contribution in [1.29, 1.82) is 0 Å². The van der Waals surface area contributed by atoms with E-state index in [-0.39, 0.29) is 28.5 Å². The zero-order valence-electron chi connectivity index (χ0n) is 11.3. The van der Waals surface area contributed by atoms with Gasteiger partial charge in [-0.2, -0.15) is 0 Å². The molecule has 0 saturated carbocycles. The molecule has 0 spiro atoms. The Morgan fingerprint density at radius 2 is 2.11 bits per heavy atom. The normalized spacial score (nSPS) is 10.1. The summed E-state index contributed by atoms with van der Waals surface area (Å²) in [7, 11) is 1.38. The van der Waals surface area contributed by atoms with Crippen LogP contribution >= 0.6 is 0 Å². The number of Topliss-reactive ketones (excluding diaryl/α,β-unsaturated/α-hetero) is 1. The average Bonchev–Trinajstić information content (AvgIpc) is 2.38. The highest BCUT2D eigenvalue weighted by atomic mass is 16.6. The van der Waals surface area contributed by atoms with Gasteiger partial charge < -0.3 is 9.47 Å². The van der Waals surface area contributed by atoms with Gasteiger partial charge in [-0.25, -0.2) is 0 Å². The van der Waals surface area contributed by atoms with Crippen LogP contribution in [0.4, 0.5) is 5.69 Å². The fourth-order valence-electron chi connectivity index (χ4n) is 1.54. The van der Waals surface area contributed by atoms with Gasteiger partial charge in [-0.15, -0.1) is 0 Å². The first-order chi connectivity index (χ1) is 9.01. The zero-order valence-corrected chi connectivity index (χ0v) is 11.3. The number of ether oxygens (including phenoxy) is 2. The van der Waals surface area contributed by atoms with Gasteiger partial charge in [0.2, 0.25) is 5.75 Å². The summed E-state index contributed by atoms with van der Waals surface area (Å²) in [5.74, 6) is 0.0166. The van der Waals surface area contributed by atoms with Gasteiger partial charge in [0.1, 0.15) is 0 Å². The topological polar surface area (TPSA) is 78.7 Å². The second kappa shape index (κ2) is 6.72. The summed E-state index contributed by atoms with van der Waals surface area (Å²) in [5, 5.41) is 11.1. The van der Waals surface area contributed by atoms with E-state index < -0.39 is 4.92 Å². The number of ketones is 1. The van der Waals surface area contributed by atoms with Crippen LogP contribution in [0.2, 0.25) is 0 Å². The lowest BCUT2D eigenvalue weighted by molar-refractivity contribution is -0.386. The number of hydrogen-bond acceptors (Lipinski definition) is 5. The van der Waals surface area contributed by atoms with Crippen molar-refractivity contribution in [2.75, 3.05) is 13.7 Å². The molecule has 0 saturated heterocycles. The molecule has 0 aliphatic rings. The van der Waals surface area contributed by atoms with Crippen molar-refractivity contribution >= 4 is 11.5 Å². The van der Waals surface area contributed by atoms with E-state index in [4.69, 9.17) is 9.47 Å². The molecule has 104 valence electrons. The van der Waals surface area contributed by atoms with Gasteiger partial charge >= 0.3 is 5.69 Å².